The van der Waals surface area contributed by atoms with Gasteiger partial charge in [-0.3, -0.25) is 0 Å². The van der Waals surface area contributed by atoms with Gasteiger partial charge in [-0.1, -0.05) is 23.9 Å². The van der Waals surface area contributed by atoms with Gasteiger partial charge < -0.3 is 9.84 Å². The number of hydrogen-bond donors (Lipinski definition) is 0. The summed E-state index contributed by atoms with van der Waals surface area (Å²) in [7, 11) is 1.48. The van der Waals surface area contributed by atoms with E-state index in [1.807, 2.05) is 0 Å². The van der Waals surface area contributed by atoms with Crippen molar-refractivity contribution in [1.82, 2.24) is 0 Å². The molecule has 0 atom stereocenters. The molecule has 0 saturated heterocycles. The van der Waals surface area contributed by atoms with E-state index in [1.54, 1.807) is 18.2 Å². The van der Waals surface area contributed by atoms with Crippen LogP contribution in [-0.2, 0) is 0 Å². The summed E-state index contributed by atoms with van der Waals surface area (Å²) < 4.78 is 4.73. The average Bonchev–Trinajstić information content (AvgIpc) is 1.89. The molecule has 0 spiro atoms. The molecule has 0 radical (unpaired) electrons. The molecule has 0 aromatic heterocycles. The Bertz CT molecular complexity index is 201. The van der Waals surface area contributed by atoms with E-state index in [9.17, 15) is 5.11 Å². The topological polar surface area (TPSA) is 32.3 Å². The van der Waals surface area contributed by atoms with Gasteiger partial charge in [0.15, 0.2) is 0 Å². The fourth-order valence-electron chi connectivity index (χ4n) is 0.619. The molecule has 0 amide bonds. The van der Waals surface area contributed by atoms with Crippen molar-refractivity contribution in [3.05, 3.63) is 24.3 Å². The van der Waals surface area contributed by atoms with Crippen LogP contribution in [0, 0.1) is 0 Å². The fourth-order valence-corrected chi connectivity index (χ4v) is 0.619. The van der Waals surface area contributed by atoms with Crippen molar-refractivity contribution in [1.29, 1.82) is 0 Å². The number of para-hydroxylation sites is 2. The van der Waals surface area contributed by atoms with Crippen LogP contribution >= 0.6 is 0 Å². The van der Waals surface area contributed by atoms with Crippen molar-refractivity contribution in [3.8, 4) is 11.5 Å². The molecule has 0 heterocycles. The molecule has 48 valence electrons. The molecule has 1 aromatic rings. The zero-order chi connectivity index (χ0) is 6.69. The first-order chi connectivity index (χ1) is 4.34. The normalized spacial score (nSPS) is 8.10. The van der Waals surface area contributed by atoms with Crippen LogP contribution in [-0.4, -0.2) is 7.11 Å². The van der Waals surface area contributed by atoms with Gasteiger partial charge in [0.05, 0.1) is 7.11 Å². The molecule has 0 unspecified atom stereocenters. The van der Waals surface area contributed by atoms with Crippen molar-refractivity contribution < 1.29 is 61.2 Å². The summed E-state index contributed by atoms with van der Waals surface area (Å²) in [4.78, 5) is 0. The molecule has 3 heteroatoms. The van der Waals surface area contributed by atoms with Crippen LogP contribution < -0.4 is 61.2 Å². The maximum Gasteiger partial charge on any atom is 1.00 e. The van der Waals surface area contributed by atoms with E-state index in [2.05, 4.69) is 0 Å². The molecule has 10 heavy (non-hydrogen) atoms. The third kappa shape index (κ3) is 2.60. The smallest absolute Gasteiger partial charge is 0.870 e. The number of rotatable bonds is 1. The maximum atomic E-state index is 10.7. The molecule has 2 nitrogen and oxygen atoms in total. The summed E-state index contributed by atoms with van der Waals surface area (Å²) in [6, 6.07) is 6.56. The molecule has 0 N–H and O–H groups in total. The second kappa shape index (κ2) is 5.15. The van der Waals surface area contributed by atoms with Gasteiger partial charge in [0.2, 0.25) is 0 Å². The predicted molar refractivity (Wildman–Crippen MR) is 32.4 cm³/mol. The van der Waals surface area contributed by atoms with Crippen molar-refractivity contribution in [2.75, 3.05) is 7.11 Å². The van der Waals surface area contributed by atoms with Gasteiger partial charge in [0.1, 0.15) is 5.75 Å². The summed E-state index contributed by atoms with van der Waals surface area (Å²) in [6.07, 6.45) is 0. The van der Waals surface area contributed by atoms with E-state index < -0.39 is 0 Å². The van der Waals surface area contributed by atoms with E-state index in [4.69, 9.17) is 4.74 Å². The van der Waals surface area contributed by atoms with Gasteiger partial charge in [-0.15, -0.1) is 0 Å². The zero-order valence-electron chi connectivity index (χ0n) is 6.13. The average molecular weight is 162 g/mol. The zero-order valence-corrected chi connectivity index (χ0v) is 9.25. The largest absolute Gasteiger partial charge is 1.00 e. The Kier molecular flexibility index (Phi) is 5.39. The van der Waals surface area contributed by atoms with Gasteiger partial charge >= 0.3 is 51.4 Å². The van der Waals surface area contributed by atoms with Gasteiger partial charge in [0, 0.05) is 0 Å². The molecule has 0 aliphatic carbocycles. The van der Waals surface area contributed by atoms with Crippen LogP contribution in [0.2, 0.25) is 0 Å². The second-order valence-electron chi connectivity index (χ2n) is 1.65. The molecule has 1 aromatic carbocycles. The quantitative estimate of drug-likeness (QED) is 0.438. The van der Waals surface area contributed by atoms with Crippen molar-refractivity contribution in [2.45, 2.75) is 0 Å². The first kappa shape index (κ1) is 10.5. The Morgan fingerprint density at radius 3 is 2.30 bits per heavy atom. The standard InChI is InChI=1S/C7H8O2.K/c1-9-7-5-3-2-4-6(7)8;/h2-5,8H,1H3;/q;+1/p-1. The van der Waals surface area contributed by atoms with E-state index in [0.29, 0.717) is 5.75 Å². The van der Waals surface area contributed by atoms with E-state index in [0.717, 1.165) is 0 Å². The van der Waals surface area contributed by atoms with Gasteiger partial charge in [-0.2, -0.15) is 0 Å². The predicted octanol–water partition coefficient (Wildman–Crippen LogP) is -2.23. The molecule has 0 aliphatic heterocycles. The van der Waals surface area contributed by atoms with Crippen LogP contribution in [0.5, 0.6) is 11.5 Å². The minimum absolute atomic E-state index is 0. The first-order valence-corrected chi connectivity index (χ1v) is 2.64. The van der Waals surface area contributed by atoms with Crippen LogP contribution in [0.25, 0.3) is 0 Å². The summed E-state index contributed by atoms with van der Waals surface area (Å²) in [5.41, 5.74) is 0. The van der Waals surface area contributed by atoms with E-state index >= 15 is 0 Å². The summed E-state index contributed by atoms with van der Waals surface area (Å²) in [6.45, 7) is 0. The molecule has 0 fully saturated rings. The van der Waals surface area contributed by atoms with Crippen molar-refractivity contribution in [2.24, 2.45) is 0 Å². The molecular weight excluding hydrogens is 155 g/mol. The third-order valence-corrected chi connectivity index (χ3v) is 1.07. The number of methoxy groups -OCH3 is 1. The fraction of sp³-hybridized carbons (Fsp3) is 0.143. The molecular formula is C7H7KO2. The monoisotopic (exact) mass is 162 g/mol. The summed E-state index contributed by atoms with van der Waals surface area (Å²) >= 11 is 0. The first-order valence-electron chi connectivity index (χ1n) is 2.64. The Morgan fingerprint density at radius 2 is 1.90 bits per heavy atom. The maximum absolute atomic E-state index is 10.7. The molecule has 0 bridgehead atoms. The molecule has 0 aliphatic rings. The SMILES string of the molecule is COc1ccccc1[O-].[K+]. The summed E-state index contributed by atoms with van der Waals surface area (Å²) in [5, 5.41) is 10.7. The Hall–Kier alpha value is 0.456. The Balaban J connectivity index is 0.000000810. The van der Waals surface area contributed by atoms with E-state index in [-0.39, 0.29) is 57.1 Å². The van der Waals surface area contributed by atoms with Crippen LogP contribution in [0.3, 0.4) is 0 Å². The third-order valence-electron chi connectivity index (χ3n) is 1.07. The Morgan fingerprint density at radius 1 is 1.30 bits per heavy atom. The van der Waals surface area contributed by atoms with Crippen LogP contribution in [0.15, 0.2) is 24.3 Å². The van der Waals surface area contributed by atoms with Crippen LogP contribution in [0.1, 0.15) is 0 Å². The van der Waals surface area contributed by atoms with Crippen molar-refractivity contribution in [3.63, 3.8) is 0 Å². The van der Waals surface area contributed by atoms with Gasteiger partial charge in [0.25, 0.3) is 0 Å². The minimum Gasteiger partial charge on any atom is -0.870 e. The number of hydrogen-bond acceptors (Lipinski definition) is 2. The number of benzene rings is 1. The molecule has 0 saturated carbocycles. The minimum atomic E-state index is -0.0694. The van der Waals surface area contributed by atoms with Gasteiger partial charge in [-0.05, 0) is 6.07 Å². The van der Waals surface area contributed by atoms with Gasteiger partial charge in [-0.25, -0.2) is 0 Å². The van der Waals surface area contributed by atoms with E-state index in [1.165, 1.54) is 13.2 Å². The number of ether oxygens (including phenoxy) is 1. The van der Waals surface area contributed by atoms with Crippen molar-refractivity contribution >= 4 is 0 Å². The second-order valence-corrected chi connectivity index (χ2v) is 1.65. The molecule has 1 rings (SSSR count). The van der Waals surface area contributed by atoms with Crippen LogP contribution in [0.4, 0.5) is 0 Å². The Labute approximate surface area is 103 Å². The summed E-state index contributed by atoms with van der Waals surface area (Å²) in [5.74, 6) is 0.331.